The van der Waals surface area contributed by atoms with Crippen LogP contribution in [0.1, 0.15) is 0 Å². The van der Waals surface area contributed by atoms with E-state index in [1.54, 1.807) is 17.8 Å². The third-order valence-electron chi connectivity index (χ3n) is 1.47. The fourth-order valence-electron chi connectivity index (χ4n) is 0.708. The summed E-state index contributed by atoms with van der Waals surface area (Å²) in [6.07, 6.45) is 3.06. The van der Waals surface area contributed by atoms with Crippen molar-refractivity contribution in [2.75, 3.05) is 5.75 Å². The number of imidazole rings is 1. The van der Waals surface area contributed by atoms with Gasteiger partial charge in [-0.05, 0) is 0 Å². The Kier molecular flexibility index (Phi) is 3.10. The second kappa shape index (κ2) is 3.95. The Morgan fingerprint density at radius 3 is 2.86 bits per heavy atom. The molecule has 78 valence electrons. The Bertz CT molecular complexity index is 340. The fourth-order valence-corrected chi connectivity index (χ4v) is 1.54. The predicted octanol–water partition coefficient (Wildman–Crippen LogP) is 1.23. The van der Waals surface area contributed by atoms with Crippen molar-refractivity contribution in [1.82, 2.24) is 9.55 Å². The maximum Gasteiger partial charge on any atom is 0.375 e. The minimum Gasteiger partial charge on any atom is -0.477 e. The molecule has 1 heterocycles. The highest BCUT2D eigenvalue weighted by molar-refractivity contribution is 7.99. The lowest BCUT2D eigenvalue weighted by atomic mass is 10.4. The molecule has 0 aromatic carbocycles. The van der Waals surface area contributed by atoms with Crippen LogP contribution < -0.4 is 0 Å². The Balaban J connectivity index is 2.57. The number of carboxylic acid groups (broad SMARTS) is 1. The topological polar surface area (TPSA) is 55.1 Å². The van der Waals surface area contributed by atoms with E-state index in [0.29, 0.717) is 16.9 Å². The highest BCUT2D eigenvalue weighted by atomic mass is 32.2. The molecule has 0 atom stereocenters. The van der Waals surface area contributed by atoms with E-state index in [4.69, 9.17) is 5.11 Å². The number of halogens is 2. The number of nitrogens with zero attached hydrogens (tertiary/aromatic N) is 2. The molecule has 0 aliphatic rings. The van der Waals surface area contributed by atoms with Gasteiger partial charge in [0.1, 0.15) is 0 Å². The van der Waals surface area contributed by atoms with E-state index < -0.39 is 17.6 Å². The normalized spacial score (nSPS) is 11.6. The molecule has 7 heteroatoms. The summed E-state index contributed by atoms with van der Waals surface area (Å²) < 4.78 is 26.8. The van der Waals surface area contributed by atoms with Crippen molar-refractivity contribution < 1.29 is 18.7 Å². The van der Waals surface area contributed by atoms with Crippen molar-refractivity contribution >= 4 is 17.7 Å². The zero-order valence-electron chi connectivity index (χ0n) is 7.28. The highest BCUT2D eigenvalue weighted by Gasteiger charge is 2.39. The summed E-state index contributed by atoms with van der Waals surface area (Å²) in [6.45, 7) is 0. The first-order chi connectivity index (χ1) is 6.43. The second-order valence-electron chi connectivity index (χ2n) is 2.62. The van der Waals surface area contributed by atoms with Crippen LogP contribution in [0.2, 0.25) is 0 Å². The van der Waals surface area contributed by atoms with Gasteiger partial charge >= 0.3 is 11.9 Å². The third kappa shape index (κ3) is 2.44. The first kappa shape index (κ1) is 11.0. The molecule has 14 heavy (non-hydrogen) atoms. The minimum atomic E-state index is -3.71. The predicted molar refractivity (Wildman–Crippen MR) is 46.5 cm³/mol. The molecule has 1 aromatic rings. The van der Waals surface area contributed by atoms with E-state index in [-0.39, 0.29) is 0 Å². The van der Waals surface area contributed by atoms with E-state index in [9.17, 15) is 13.6 Å². The molecule has 1 rings (SSSR count). The van der Waals surface area contributed by atoms with Gasteiger partial charge in [0.05, 0.1) is 5.75 Å². The summed E-state index contributed by atoms with van der Waals surface area (Å²) in [6, 6.07) is 0. The number of rotatable bonds is 4. The summed E-state index contributed by atoms with van der Waals surface area (Å²) in [5, 5.41) is 8.52. The van der Waals surface area contributed by atoms with Crippen molar-refractivity contribution in [3.63, 3.8) is 0 Å². The van der Waals surface area contributed by atoms with Gasteiger partial charge in [-0.25, -0.2) is 9.78 Å². The Labute approximate surface area is 82.9 Å². The van der Waals surface area contributed by atoms with Gasteiger partial charge in [0.15, 0.2) is 5.16 Å². The number of carboxylic acids is 1. The monoisotopic (exact) mass is 222 g/mol. The van der Waals surface area contributed by atoms with Crippen LogP contribution in [0.25, 0.3) is 0 Å². The van der Waals surface area contributed by atoms with Crippen molar-refractivity contribution in [2.24, 2.45) is 7.05 Å². The van der Waals surface area contributed by atoms with Crippen molar-refractivity contribution in [2.45, 2.75) is 11.1 Å². The third-order valence-corrected chi connectivity index (χ3v) is 2.63. The number of hydrogen-bond donors (Lipinski definition) is 1. The molecule has 4 nitrogen and oxygen atoms in total. The number of carbonyl (C=O) groups is 1. The number of aromatic nitrogens is 2. The summed E-state index contributed by atoms with van der Waals surface area (Å²) in [7, 11) is 1.65. The smallest absolute Gasteiger partial charge is 0.375 e. The van der Waals surface area contributed by atoms with Gasteiger partial charge < -0.3 is 9.67 Å². The van der Waals surface area contributed by atoms with Gasteiger partial charge in [-0.1, -0.05) is 11.8 Å². The lowest BCUT2D eigenvalue weighted by Crippen LogP contribution is -2.30. The minimum absolute atomic E-state index is 0.367. The lowest BCUT2D eigenvalue weighted by molar-refractivity contribution is -0.161. The zero-order valence-corrected chi connectivity index (χ0v) is 8.09. The molecule has 0 aliphatic carbocycles. The molecule has 0 aliphatic heterocycles. The maximum atomic E-state index is 12.6. The van der Waals surface area contributed by atoms with Crippen LogP contribution in [-0.4, -0.2) is 32.3 Å². The molecule has 0 bridgehead atoms. The molecular weight excluding hydrogens is 214 g/mol. The molecule has 0 fully saturated rings. The number of hydrogen-bond acceptors (Lipinski definition) is 3. The van der Waals surface area contributed by atoms with Crippen LogP contribution in [0.15, 0.2) is 17.6 Å². The first-order valence-electron chi connectivity index (χ1n) is 3.65. The Hall–Kier alpha value is -1.11. The highest BCUT2D eigenvalue weighted by Crippen LogP contribution is 2.24. The number of aliphatic carboxylic acids is 1. The Morgan fingerprint density at radius 1 is 1.79 bits per heavy atom. The van der Waals surface area contributed by atoms with Crippen LogP contribution in [-0.2, 0) is 11.8 Å². The Morgan fingerprint density at radius 2 is 2.43 bits per heavy atom. The molecule has 1 aromatic heterocycles. The molecule has 1 N–H and O–H groups in total. The number of alkyl halides is 2. The molecule has 0 radical (unpaired) electrons. The number of thioether (sulfide) groups is 1. The molecule has 0 amide bonds. The molecule has 0 saturated carbocycles. The van der Waals surface area contributed by atoms with Crippen molar-refractivity contribution in [3.05, 3.63) is 12.4 Å². The summed E-state index contributed by atoms with van der Waals surface area (Å²) in [5.41, 5.74) is 0. The SMILES string of the molecule is Cn1ccnc1SCC(F)(F)C(=O)O. The van der Waals surface area contributed by atoms with E-state index in [1.165, 1.54) is 6.20 Å². The largest absolute Gasteiger partial charge is 0.477 e. The van der Waals surface area contributed by atoms with Gasteiger partial charge in [0, 0.05) is 19.4 Å². The number of aryl methyl sites for hydroxylation is 1. The van der Waals surface area contributed by atoms with Crippen molar-refractivity contribution in [3.8, 4) is 0 Å². The molecule has 0 unspecified atom stereocenters. The van der Waals surface area contributed by atoms with E-state index in [1.807, 2.05) is 0 Å². The standard InChI is InChI=1S/C7H8F2N2O2S/c1-11-3-2-10-6(11)14-4-7(8,9)5(12)13/h2-3H,4H2,1H3,(H,12,13). The van der Waals surface area contributed by atoms with Crippen LogP contribution in [0.5, 0.6) is 0 Å². The van der Waals surface area contributed by atoms with Gasteiger partial charge in [-0.15, -0.1) is 0 Å². The molecule has 0 saturated heterocycles. The van der Waals surface area contributed by atoms with Crippen LogP contribution in [0.3, 0.4) is 0 Å². The molecule has 0 spiro atoms. The van der Waals surface area contributed by atoms with Crippen LogP contribution >= 0.6 is 11.8 Å². The van der Waals surface area contributed by atoms with E-state index >= 15 is 0 Å². The quantitative estimate of drug-likeness (QED) is 0.778. The van der Waals surface area contributed by atoms with Crippen molar-refractivity contribution in [1.29, 1.82) is 0 Å². The van der Waals surface area contributed by atoms with Gasteiger partial charge in [0.25, 0.3) is 0 Å². The fraction of sp³-hybridized carbons (Fsp3) is 0.429. The summed E-state index contributed by atoms with van der Waals surface area (Å²) >= 11 is 0.710. The lowest BCUT2D eigenvalue weighted by Gasteiger charge is -2.09. The molecular formula is C7H8F2N2O2S. The average Bonchev–Trinajstić information content (AvgIpc) is 2.47. The zero-order chi connectivity index (χ0) is 10.8. The van der Waals surface area contributed by atoms with E-state index in [0.717, 1.165) is 0 Å². The van der Waals surface area contributed by atoms with Crippen LogP contribution in [0.4, 0.5) is 8.78 Å². The van der Waals surface area contributed by atoms with Gasteiger partial charge in [-0.3, -0.25) is 0 Å². The summed E-state index contributed by atoms with van der Waals surface area (Å²) in [5.74, 6) is -6.64. The maximum absolute atomic E-state index is 12.6. The van der Waals surface area contributed by atoms with Crippen LogP contribution in [0, 0.1) is 0 Å². The second-order valence-corrected chi connectivity index (χ2v) is 3.56. The van der Waals surface area contributed by atoms with Gasteiger partial charge in [0.2, 0.25) is 0 Å². The first-order valence-corrected chi connectivity index (χ1v) is 4.63. The van der Waals surface area contributed by atoms with Gasteiger partial charge in [-0.2, -0.15) is 8.78 Å². The van der Waals surface area contributed by atoms with E-state index in [2.05, 4.69) is 4.98 Å². The summed E-state index contributed by atoms with van der Waals surface area (Å²) in [4.78, 5) is 13.9. The average molecular weight is 222 g/mol.